The van der Waals surface area contributed by atoms with Crippen molar-refractivity contribution in [3.05, 3.63) is 59.9 Å². The molecule has 0 aliphatic carbocycles. The Kier molecular flexibility index (Phi) is 5.34. The zero-order chi connectivity index (χ0) is 22.1. The van der Waals surface area contributed by atoms with Crippen molar-refractivity contribution in [3.8, 4) is 5.75 Å². The van der Waals surface area contributed by atoms with Crippen LogP contribution < -0.4 is 15.0 Å². The Balaban J connectivity index is 1.28. The summed E-state index contributed by atoms with van der Waals surface area (Å²) in [6.45, 7) is 3.96. The van der Waals surface area contributed by atoms with E-state index in [1.165, 1.54) is 0 Å². The van der Waals surface area contributed by atoms with Crippen molar-refractivity contribution in [2.45, 2.75) is 26.3 Å². The second-order valence-electron chi connectivity index (χ2n) is 8.16. The molecular formula is C24H26N6O2. The SMILES string of the molecule is COc1cccc(CNC(=O)C2CCN(c3nc4ccccc4n4c(C)nnc34)CC2)c1. The monoisotopic (exact) mass is 430 g/mol. The number of benzene rings is 2. The molecule has 0 spiro atoms. The molecule has 8 heteroatoms. The molecule has 0 radical (unpaired) electrons. The van der Waals surface area contributed by atoms with Gasteiger partial charge < -0.3 is 15.0 Å². The smallest absolute Gasteiger partial charge is 0.223 e. The van der Waals surface area contributed by atoms with Crippen LogP contribution in [0.2, 0.25) is 0 Å². The van der Waals surface area contributed by atoms with Crippen LogP contribution in [0.3, 0.4) is 0 Å². The van der Waals surface area contributed by atoms with Crippen LogP contribution in [0, 0.1) is 12.8 Å². The summed E-state index contributed by atoms with van der Waals surface area (Å²) in [5, 5.41) is 11.8. The fourth-order valence-corrected chi connectivity index (χ4v) is 4.39. The number of nitrogens with one attached hydrogen (secondary N) is 1. The van der Waals surface area contributed by atoms with Gasteiger partial charge in [0.2, 0.25) is 11.6 Å². The summed E-state index contributed by atoms with van der Waals surface area (Å²) >= 11 is 0. The van der Waals surface area contributed by atoms with Crippen LogP contribution in [0.1, 0.15) is 24.2 Å². The number of carbonyl (C=O) groups is 1. The Labute approximate surface area is 186 Å². The highest BCUT2D eigenvalue weighted by Crippen LogP contribution is 2.28. The third kappa shape index (κ3) is 3.72. The van der Waals surface area contributed by atoms with Crippen molar-refractivity contribution in [2.24, 2.45) is 5.92 Å². The third-order valence-corrected chi connectivity index (χ3v) is 6.14. The molecule has 4 aromatic rings. The van der Waals surface area contributed by atoms with E-state index in [1.54, 1.807) is 7.11 Å². The number of anilines is 1. The lowest BCUT2D eigenvalue weighted by Gasteiger charge is -2.32. The van der Waals surface area contributed by atoms with Crippen LogP contribution in [0.15, 0.2) is 48.5 Å². The first-order valence-electron chi connectivity index (χ1n) is 10.9. The minimum atomic E-state index is -0.00654. The number of hydrogen-bond donors (Lipinski definition) is 1. The quantitative estimate of drug-likeness (QED) is 0.524. The van der Waals surface area contributed by atoms with Gasteiger partial charge in [-0.1, -0.05) is 24.3 Å². The molecule has 1 fully saturated rings. The summed E-state index contributed by atoms with van der Waals surface area (Å²) in [6, 6.07) is 15.8. The topological polar surface area (TPSA) is 84.7 Å². The summed E-state index contributed by atoms with van der Waals surface area (Å²) < 4.78 is 7.32. The van der Waals surface area contributed by atoms with Crippen molar-refractivity contribution >= 4 is 28.4 Å². The molecule has 2 aromatic heterocycles. The van der Waals surface area contributed by atoms with Gasteiger partial charge in [0, 0.05) is 25.6 Å². The number of methoxy groups -OCH3 is 1. The van der Waals surface area contributed by atoms with Crippen LogP contribution in [0.5, 0.6) is 5.75 Å². The van der Waals surface area contributed by atoms with Crippen LogP contribution in [-0.4, -0.2) is 45.7 Å². The fraction of sp³-hybridized carbons (Fsp3) is 0.333. The summed E-state index contributed by atoms with van der Waals surface area (Å²) in [6.07, 6.45) is 1.55. The molecule has 1 N–H and O–H groups in total. The maximum atomic E-state index is 12.8. The average molecular weight is 431 g/mol. The molecular weight excluding hydrogens is 404 g/mol. The molecule has 0 atom stereocenters. The number of para-hydroxylation sites is 2. The van der Waals surface area contributed by atoms with Crippen LogP contribution in [-0.2, 0) is 11.3 Å². The lowest BCUT2D eigenvalue weighted by atomic mass is 9.96. The number of aromatic nitrogens is 4. The van der Waals surface area contributed by atoms with Crippen molar-refractivity contribution in [2.75, 3.05) is 25.1 Å². The molecule has 1 saturated heterocycles. The van der Waals surface area contributed by atoms with Gasteiger partial charge in [0.05, 0.1) is 18.1 Å². The molecule has 0 bridgehead atoms. The summed E-state index contributed by atoms with van der Waals surface area (Å²) in [5.74, 6) is 2.56. The summed E-state index contributed by atoms with van der Waals surface area (Å²) in [7, 11) is 1.64. The first-order valence-corrected chi connectivity index (χ1v) is 10.9. The lowest BCUT2D eigenvalue weighted by Crippen LogP contribution is -2.40. The van der Waals surface area contributed by atoms with Crippen LogP contribution in [0.4, 0.5) is 5.82 Å². The van der Waals surface area contributed by atoms with Crippen molar-refractivity contribution in [3.63, 3.8) is 0 Å². The first kappa shape index (κ1) is 20.2. The number of piperidine rings is 1. The number of hydrogen-bond acceptors (Lipinski definition) is 6. The highest BCUT2D eigenvalue weighted by molar-refractivity contribution is 5.83. The zero-order valence-electron chi connectivity index (χ0n) is 18.3. The van der Waals surface area contributed by atoms with E-state index in [4.69, 9.17) is 9.72 Å². The maximum absolute atomic E-state index is 12.8. The number of amides is 1. The number of nitrogens with zero attached hydrogens (tertiary/aromatic N) is 5. The maximum Gasteiger partial charge on any atom is 0.223 e. The van der Waals surface area contributed by atoms with Gasteiger partial charge in [0.25, 0.3) is 0 Å². The Hall–Kier alpha value is -3.68. The van der Waals surface area contributed by atoms with Crippen LogP contribution >= 0.6 is 0 Å². The predicted octanol–water partition coefficient (Wildman–Crippen LogP) is 3.13. The van der Waals surface area contributed by atoms with Gasteiger partial charge in [0.1, 0.15) is 11.6 Å². The highest BCUT2D eigenvalue weighted by Gasteiger charge is 2.27. The van der Waals surface area contributed by atoms with Crippen molar-refractivity contribution in [1.29, 1.82) is 0 Å². The van der Waals surface area contributed by atoms with E-state index in [0.29, 0.717) is 6.54 Å². The highest BCUT2D eigenvalue weighted by atomic mass is 16.5. The van der Waals surface area contributed by atoms with E-state index in [2.05, 4.69) is 24.8 Å². The fourth-order valence-electron chi connectivity index (χ4n) is 4.39. The molecule has 164 valence electrons. The summed E-state index contributed by atoms with van der Waals surface area (Å²) in [4.78, 5) is 19.9. The molecule has 1 amide bonds. The first-order chi connectivity index (χ1) is 15.6. The van der Waals surface area contributed by atoms with E-state index < -0.39 is 0 Å². The molecule has 0 saturated carbocycles. The normalized spacial score (nSPS) is 14.8. The largest absolute Gasteiger partial charge is 0.497 e. The van der Waals surface area contributed by atoms with E-state index in [0.717, 1.165) is 65.6 Å². The van der Waals surface area contributed by atoms with Crippen molar-refractivity contribution in [1.82, 2.24) is 24.9 Å². The average Bonchev–Trinajstić information content (AvgIpc) is 3.24. The van der Waals surface area contributed by atoms with E-state index in [9.17, 15) is 4.79 Å². The Morgan fingerprint density at radius 3 is 2.75 bits per heavy atom. The van der Waals surface area contributed by atoms with E-state index >= 15 is 0 Å². The standard InChI is InChI=1S/C24H26N6O2/c1-16-27-28-23-22(26-20-8-3-4-9-21(20)30(16)23)29-12-10-18(11-13-29)24(31)25-15-17-6-5-7-19(14-17)32-2/h3-9,14,18H,10-13,15H2,1-2H3,(H,25,31). The molecule has 1 aliphatic heterocycles. The third-order valence-electron chi connectivity index (χ3n) is 6.14. The van der Waals surface area contributed by atoms with Gasteiger partial charge in [-0.05, 0) is 49.6 Å². The lowest BCUT2D eigenvalue weighted by molar-refractivity contribution is -0.125. The number of carbonyl (C=O) groups excluding carboxylic acids is 1. The van der Waals surface area contributed by atoms with Gasteiger partial charge in [0.15, 0.2) is 5.82 Å². The zero-order valence-corrected chi connectivity index (χ0v) is 18.3. The van der Waals surface area contributed by atoms with Gasteiger partial charge in [-0.2, -0.15) is 0 Å². The van der Waals surface area contributed by atoms with Gasteiger partial charge in [-0.3, -0.25) is 9.20 Å². The molecule has 32 heavy (non-hydrogen) atoms. The molecule has 3 heterocycles. The Morgan fingerprint density at radius 2 is 1.94 bits per heavy atom. The predicted molar refractivity (Wildman–Crippen MR) is 123 cm³/mol. The van der Waals surface area contributed by atoms with Gasteiger partial charge in [-0.25, -0.2) is 4.98 Å². The van der Waals surface area contributed by atoms with Gasteiger partial charge in [-0.15, -0.1) is 10.2 Å². The second kappa shape index (κ2) is 8.45. The van der Waals surface area contributed by atoms with E-state index in [-0.39, 0.29) is 11.8 Å². The molecule has 8 nitrogen and oxygen atoms in total. The second-order valence-corrected chi connectivity index (χ2v) is 8.16. The number of rotatable bonds is 5. The number of aryl methyl sites for hydroxylation is 1. The molecule has 2 aromatic carbocycles. The van der Waals surface area contributed by atoms with Crippen molar-refractivity contribution < 1.29 is 9.53 Å². The molecule has 5 rings (SSSR count). The Bertz CT molecular complexity index is 1280. The van der Waals surface area contributed by atoms with Gasteiger partial charge >= 0.3 is 0 Å². The minimum absolute atomic E-state index is 0.00654. The number of ether oxygens (including phenoxy) is 1. The minimum Gasteiger partial charge on any atom is -0.497 e. The van der Waals surface area contributed by atoms with Crippen LogP contribution in [0.25, 0.3) is 16.7 Å². The summed E-state index contributed by atoms with van der Waals surface area (Å²) in [5.41, 5.74) is 3.71. The molecule has 0 unspecified atom stereocenters. The number of fused-ring (bicyclic) bond motifs is 3. The molecule has 1 aliphatic rings. The van der Waals surface area contributed by atoms with E-state index in [1.807, 2.05) is 55.5 Å². The Morgan fingerprint density at radius 1 is 1.12 bits per heavy atom.